The quantitative estimate of drug-likeness (QED) is 0.733. The summed E-state index contributed by atoms with van der Waals surface area (Å²) in [7, 11) is 0. The number of fused-ring (bicyclic) bond motifs is 1. The lowest BCUT2D eigenvalue weighted by Crippen LogP contribution is -2.45. The van der Waals surface area contributed by atoms with Gasteiger partial charge in [0.05, 0.1) is 12.6 Å². The van der Waals surface area contributed by atoms with Crippen LogP contribution in [0.15, 0.2) is 47.5 Å². The number of urea groups is 1. The van der Waals surface area contributed by atoms with Gasteiger partial charge >= 0.3 is 12.0 Å². The van der Waals surface area contributed by atoms with Gasteiger partial charge in [0.1, 0.15) is 11.7 Å². The van der Waals surface area contributed by atoms with Crippen LogP contribution in [0.2, 0.25) is 0 Å². The zero-order valence-corrected chi connectivity index (χ0v) is 16.4. The van der Waals surface area contributed by atoms with Gasteiger partial charge in [-0.05, 0) is 55.2 Å². The van der Waals surface area contributed by atoms with Crippen molar-refractivity contribution in [3.05, 3.63) is 59.4 Å². The fourth-order valence-corrected chi connectivity index (χ4v) is 3.66. The van der Waals surface area contributed by atoms with Crippen LogP contribution in [0, 0.1) is 11.7 Å². The number of benzene rings is 2. The van der Waals surface area contributed by atoms with E-state index in [4.69, 9.17) is 14.2 Å². The van der Waals surface area contributed by atoms with Crippen molar-refractivity contribution >= 4 is 17.7 Å². The average molecular weight is 412 g/mol. The summed E-state index contributed by atoms with van der Waals surface area (Å²) >= 11 is 0. The van der Waals surface area contributed by atoms with Crippen LogP contribution in [0.4, 0.5) is 9.18 Å². The Morgan fingerprint density at radius 3 is 2.70 bits per heavy atom. The largest absolute Gasteiger partial charge is 0.465 e. The number of ether oxygens (including phenoxy) is 3. The minimum absolute atomic E-state index is 0.126. The molecule has 2 aromatic carbocycles. The normalized spacial score (nSPS) is 19.8. The molecule has 2 amide bonds. The Morgan fingerprint density at radius 2 is 1.93 bits per heavy atom. The van der Waals surface area contributed by atoms with E-state index in [1.807, 2.05) is 0 Å². The second-order valence-corrected chi connectivity index (χ2v) is 7.00. The summed E-state index contributed by atoms with van der Waals surface area (Å²) in [6, 6.07) is 10.2. The van der Waals surface area contributed by atoms with E-state index in [9.17, 15) is 14.0 Å². The third-order valence-corrected chi connectivity index (χ3v) is 5.10. The zero-order chi connectivity index (χ0) is 21.1. The standard InChI is InChI=1S/C22H21FN2O5/c1-2-28-21(26)19-16(9-5-13-3-7-15(23)8-4-13)24-22(27)25-20(19)14-6-10-17-18(11-14)30-12-29-17/h3-4,6-8,10-11,19-20H,2,5,9,12H2,1H3,(H,25,27). The first kappa shape index (κ1) is 19.9. The smallest absolute Gasteiger partial charge is 0.341 e. The zero-order valence-electron chi connectivity index (χ0n) is 16.4. The summed E-state index contributed by atoms with van der Waals surface area (Å²) < 4.78 is 29.2. The van der Waals surface area contributed by atoms with Crippen molar-refractivity contribution in [3.63, 3.8) is 0 Å². The van der Waals surface area contributed by atoms with Gasteiger partial charge in [0.15, 0.2) is 11.5 Å². The van der Waals surface area contributed by atoms with Crippen LogP contribution in [0.25, 0.3) is 0 Å². The van der Waals surface area contributed by atoms with Crippen molar-refractivity contribution in [3.8, 4) is 11.5 Å². The number of hydrogen-bond donors (Lipinski definition) is 1. The predicted octanol–water partition coefficient (Wildman–Crippen LogP) is 3.57. The molecule has 1 N–H and O–H groups in total. The van der Waals surface area contributed by atoms with Crippen molar-refractivity contribution in [1.82, 2.24) is 5.32 Å². The van der Waals surface area contributed by atoms with Gasteiger partial charge in [-0.1, -0.05) is 18.2 Å². The lowest BCUT2D eigenvalue weighted by atomic mass is 9.85. The lowest BCUT2D eigenvalue weighted by Gasteiger charge is -2.31. The molecule has 7 nitrogen and oxygen atoms in total. The van der Waals surface area contributed by atoms with E-state index in [1.54, 1.807) is 37.3 Å². The first-order valence-electron chi connectivity index (χ1n) is 9.73. The van der Waals surface area contributed by atoms with Crippen LogP contribution >= 0.6 is 0 Å². The highest BCUT2D eigenvalue weighted by Crippen LogP contribution is 2.37. The number of aliphatic imine (C=N–C) groups is 1. The van der Waals surface area contributed by atoms with Crippen LogP contribution in [-0.4, -0.2) is 31.1 Å². The third kappa shape index (κ3) is 4.12. The Labute approximate surface area is 172 Å². The van der Waals surface area contributed by atoms with Crippen molar-refractivity contribution in [2.75, 3.05) is 13.4 Å². The summed E-state index contributed by atoms with van der Waals surface area (Å²) in [5, 5.41) is 2.78. The van der Waals surface area contributed by atoms with Gasteiger partial charge in [-0.3, -0.25) is 4.79 Å². The van der Waals surface area contributed by atoms with E-state index in [1.165, 1.54) is 12.1 Å². The molecule has 30 heavy (non-hydrogen) atoms. The molecule has 2 aliphatic rings. The van der Waals surface area contributed by atoms with E-state index >= 15 is 0 Å². The maximum atomic E-state index is 13.2. The summed E-state index contributed by atoms with van der Waals surface area (Å²) in [6.07, 6.45) is 0.875. The van der Waals surface area contributed by atoms with Crippen molar-refractivity contribution < 1.29 is 28.2 Å². The van der Waals surface area contributed by atoms with Gasteiger partial charge in [-0.15, -0.1) is 0 Å². The number of hydrogen-bond acceptors (Lipinski definition) is 5. The molecule has 8 heteroatoms. The molecule has 0 spiro atoms. The topological polar surface area (TPSA) is 86.2 Å². The molecule has 156 valence electrons. The highest BCUT2D eigenvalue weighted by atomic mass is 19.1. The molecule has 2 atom stereocenters. The lowest BCUT2D eigenvalue weighted by molar-refractivity contribution is -0.146. The molecule has 0 saturated heterocycles. The van der Waals surface area contributed by atoms with E-state index in [0.717, 1.165) is 5.56 Å². The minimum Gasteiger partial charge on any atom is -0.465 e. The number of amides is 2. The van der Waals surface area contributed by atoms with E-state index < -0.39 is 24.0 Å². The fourth-order valence-electron chi connectivity index (χ4n) is 3.66. The second-order valence-electron chi connectivity index (χ2n) is 7.00. The van der Waals surface area contributed by atoms with Crippen molar-refractivity contribution in [2.24, 2.45) is 10.9 Å². The molecule has 2 heterocycles. The molecule has 0 bridgehead atoms. The summed E-state index contributed by atoms with van der Waals surface area (Å²) in [5.74, 6) is -0.389. The Kier molecular flexibility index (Phi) is 5.65. The van der Waals surface area contributed by atoms with Gasteiger partial charge in [0, 0.05) is 5.71 Å². The molecule has 0 aliphatic carbocycles. The number of aryl methyl sites for hydroxylation is 1. The molecule has 4 rings (SSSR count). The Balaban J connectivity index is 1.62. The predicted molar refractivity (Wildman–Crippen MR) is 106 cm³/mol. The number of esters is 1. The first-order valence-corrected chi connectivity index (χ1v) is 9.73. The Bertz CT molecular complexity index is 990. The third-order valence-electron chi connectivity index (χ3n) is 5.10. The van der Waals surface area contributed by atoms with Crippen molar-refractivity contribution in [1.29, 1.82) is 0 Å². The van der Waals surface area contributed by atoms with Gasteiger partial charge in [-0.25, -0.2) is 14.2 Å². The van der Waals surface area contributed by atoms with Crippen molar-refractivity contribution in [2.45, 2.75) is 25.8 Å². The molecule has 2 unspecified atom stereocenters. The van der Waals surface area contributed by atoms with Crippen LogP contribution < -0.4 is 14.8 Å². The first-order chi connectivity index (χ1) is 14.5. The van der Waals surface area contributed by atoms with Gasteiger partial charge in [-0.2, -0.15) is 0 Å². The number of rotatable bonds is 6. The molecular formula is C22H21FN2O5. The summed E-state index contributed by atoms with van der Waals surface area (Å²) in [6.45, 7) is 2.06. The van der Waals surface area contributed by atoms with Crippen LogP contribution in [-0.2, 0) is 16.0 Å². The fraction of sp³-hybridized carbons (Fsp3) is 0.318. The number of nitrogens with zero attached hydrogens (tertiary/aromatic N) is 1. The number of carbonyl (C=O) groups is 2. The molecular weight excluding hydrogens is 391 g/mol. The maximum Gasteiger partial charge on any atom is 0.341 e. The van der Waals surface area contributed by atoms with Crippen LogP contribution in [0.3, 0.4) is 0 Å². The second kappa shape index (κ2) is 8.52. The molecule has 0 fully saturated rings. The summed E-state index contributed by atoms with van der Waals surface area (Å²) in [4.78, 5) is 29.2. The van der Waals surface area contributed by atoms with E-state index in [2.05, 4.69) is 10.3 Å². The molecule has 0 aromatic heterocycles. The number of halogens is 1. The van der Waals surface area contributed by atoms with Crippen LogP contribution in [0.1, 0.15) is 30.5 Å². The molecule has 2 aromatic rings. The SMILES string of the molecule is CCOC(=O)C1C(CCc2ccc(F)cc2)=NC(=O)NC1c1ccc2c(c1)OCO2. The Morgan fingerprint density at radius 1 is 1.17 bits per heavy atom. The molecule has 0 radical (unpaired) electrons. The monoisotopic (exact) mass is 412 g/mol. The average Bonchev–Trinajstić information content (AvgIpc) is 3.21. The number of nitrogens with one attached hydrogen (secondary N) is 1. The van der Waals surface area contributed by atoms with Gasteiger partial charge in [0.2, 0.25) is 6.79 Å². The highest BCUT2D eigenvalue weighted by Gasteiger charge is 2.40. The highest BCUT2D eigenvalue weighted by molar-refractivity contribution is 6.09. The minimum atomic E-state index is -0.775. The van der Waals surface area contributed by atoms with Crippen LogP contribution in [0.5, 0.6) is 11.5 Å². The van der Waals surface area contributed by atoms with Gasteiger partial charge < -0.3 is 19.5 Å². The number of carbonyl (C=O) groups excluding carboxylic acids is 2. The molecule has 0 saturated carbocycles. The summed E-state index contributed by atoms with van der Waals surface area (Å²) in [5.41, 5.74) is 2.01. The van der Waals surface area contributed by atoms with Gasteiger partial charge in [0.25, 0.3) is 0 Å². The van der Waals surface area contributed by atoms with E-state index in [-0.39, 0.29) is 19.2 Å². The molecule has 2 aliphatic heterocycles. The maximum absolute atomic E-state index is 13.2. The Hall–Kier alpha value is -3.42. The van der Waals surface area contributed by atoms with E-state index in [0.29, 0.717) is 35.6 Å².